The summed E-state index contributed by atoms with van der Waals surface area (Å²) in [7, 11) is 0. The van der Waals surface area contributed by atoms with Gasteiger partial charge in [0.2, 0.25) is 0 Å². The van der Waals surface area contributed by atoms with E-state index in [0.29, 0.717) is 0 Å². The van der Waals surface area contributed by atoms with Gasteiger partial charge >= 0.3 is 0 Å². The fourth-order valence-electron chi connectivity index (χ4n) is 0.384. The van der Waals surface area contributed by atoms with Crippen LogP contribution in [-0.2, 0) is 0 Å². The molecule has 0 aromatic rings. The highest BCUT2D eigenvalue weighted by Crippen LogP contribution is 1.92. The van der Waals surface area contributed by atoms with Gasteiger partial charge in [0.15, 0.2) is 0 Å². The second-order valence-electron chi connectivity index (χ2n) is 1.41. The van der Waals surface area contributed by atoms with Crippen LogP contribution in [-0.4, -0.2) is 17.1 Å². The quantitative estimate of drug-likeness (QED) is 0.353. The maximum atomic E-state index is 5.42. The Kier molecular flexibility index (Phi) is 4.90. The molecule has 0 aromatic heterocycles. The monoisotopic (exact) mass is 132 g/mol. The number of thioether (sulfide) groups is 1. The fraction of sp³-hybridized carbons (Fsp3) is 0.600. The summed E-state index contributed by atoms with van der Waals surface area (Å²) >= 11 is 1.70. The van der Waals surface area contributed by atoms with E-state index in [1.54, 1.807) is 16.8 Å². The molecule has 0 fully saturated rings. The third-order valence-electron chi connectivity index (χ3n) is 0.619. The van der Waals surface area contributed by atoms with E-state index in [4.69, 9.17) is 5.84 Å². The summed E-state index contributed by atoms with van der Waals surface area (Å²) in [4.78, 5) is 0. The topological polar surface area (TPSA) is 29.3 Å². The average molecular weight is 132 g/mol. The molecular weight excluding hydrogens is 120 g/mol. The largest absolute Gasteiger partial charge is 0.309 e. The Morgan fingerprint density at radius 3 is 2.75 bits per heavy atom. The van der Waals surface area contributed by atoms with Crippen LogP contribution in [0.3, 0.4) is 0 Å². The Hall–Kier alpha value is -0.150. The van der Waals surface area contributed by atoms with Crippen molar-refractivity contribution in [3.63, 3.8) is 0 Å². The van der Waals surface area contributed by atoms with Gasteiger partial charge in [0.05, 0.1) is 5.88 Å². The van der Waals surface area contributed by atoms with E-state index in [0.717, 1.165) is 5.88 Å². The normalized spacial score (nSPS) is 10.4. The second kappa shape index (κ2) is 5.00. The van der Waals surface area contributed by atoms with Crippen molar-refractivity contribution in [2.24, 2.45) is 5.84 Å². The Labute approximate surface area is 54.7 Å². The number of rotatable bonds is 3. The number of nitrogens with two attached hydrogens (primary N) is 1. The summed E-state index contributed by atoms with van der Waals surface area (Å²) in [6, 6.07) is 0. The molecule has 0 heterocycles. The lowest BCUT2D eigenvalue weighted by molar-refractivity contribution is 0.465. The molecule has 0 saturated heterocycles. The first-order valence-corrected chi connectivity index (χ1v) is 3.83. The van der Waals surface area contributed by atoms with Gasteiger partial charge in [-0.1, -0.05) is 6.08 Å². The molecule has 0 saturated carbocycles. The van der Waals surface area contributed by atoms with Crippen molar-refractivity contribution < 1.29 is 0 Å². The third-order valence-corrected chi connectivity index (χ3v) is 1.18. The van der Waals surface area contributed by atoms with Gasteiger partial charge in [0.1, 0.15) is 0 Å². The summed E-state index contributed by atoms with van der Waals surface area (Å²) in [5.74, 6) is 6.27. The summed E-state index contributed by atoms with van der Waals surface area (Å²) in [6.45, 7) is 1.94. The van der Waals surface area contributed by atoms with Crippen molar-refractivity contribution in [1.82, 2.24) is 5.01 Å². The molecule has 0 bridgehead atoms. The van der Waals surface area contributed by atoms with Crippen LogP contribution < -0.4 is 5.84 Å². The molecule has 0 aliphatic carbocycles. The van der Waals surface area contributed by atoms with Crippen molar-refractivity contribution in [2.75, 3.05) is 12.1 Å². The molecule has 0 aliphatic rings. The van der Waals surface area contributed by atoms with Crippen molar-refractivity contribution in [2.45, 2.75) is 6.92 Å². The van der Waals surface area contributed by atoms with Crippen LogP contribution in [0.5, 0.6) is 0 Å². The van der Waals surface area contributed by atoms with E-state index in [1.165, 1.54) is 0 Å². The van der Waals surface area contributed by atoms with E-state index < -0.39 is 0 Å². The van der Waals surface area contributed by atoms with E-state index in [1.807, 2.05) is 25.5 Å². The number of hydrogen-bond donors (Lipinski definition) is 1. The number of nitrogens with zero attached hydrogens (tertiary/aromatic N) is 1. The standard InChI is InChI=1S/C5H12N2S/c1-3-4-7(6)5-8-2/h3-4H,5-6H2,1-2H3/b4-3-. The van der Waals surface area contributed by atoms with Crippen molar-refractivity contribution in [1.29, 1.82) is 0 Å². The van der Waals surface area contributed by atoms with Crippen LogP contribution in [0.15, 0.2) is 12.3 Å². The van der Waals surface area contributed by atoms with Crippen LogP contribution in [0.2, 0.25) is 0 Å². The van der Waals surface area contributed by atoms with Gasteiger partial charge in [-0.3, -0.25) is 0 Å². The Morgan fingerprint density at radius 2 is 2.38 bits per heavy atom. The molecule has 0 rings (SSSR count). The molecule has 2 nitrogen and oxygen atoms in total. The molecule has 0 radical (unpaired) electrons. The minimum absolute atomic E-state index is 0.852. The molecular formula is C5H12N2S. The van der Waals surface area contributed by atoms with Crippen molar-refractivity contribution in [3.05, 3.63) is 12.3 Å². The van der Waals surface area contributed by atoms with Gasteiger partial charge in [0, 0.05) is 6.20 Å². The number of hydrogen-bond acceptors (Lipinski definition) is 3. The lowest BCUT2D eigenvalue weighted by atomic mass is 10.7. The molecule has 0 aliphatic heterocycles. The summed E-state index contributed by atoms with van der Waals surface area (Å²) in [5, 5.41) is 1.64. The molecule has 2 N–H and O–H groups in total. The van der Waals surface area contributed by atoms with Gasteiger partial charge in [-0.25, -0.2) is 5.84 Å². The second-order valence-corrected chi connectivity index (χ2v) is 2.25. The van der Waals surface area contributed by atoms with E-state index in [9.17, 15) is 0 Å². The van der Waals surface area contributed by atoms with Crippen LogP contribution in [0.1, 0.15) is 6.92 Å². The molecule has 0 amide bonds. The molecule has 0 unspecified atom stereocenters. The molecule has 8 heavy (non-hydrogen) atoms. The Balaban J connectivity index is 3.17. The molecule has 0 spiro atoms. The fourth-order valence-corrected chi connectivity index (χ4v) is 0.768. The van der Waals surface area contributed by atoms with Gasteiger partial charge in [0.25, 0.3) is 0 Å². The first-order chi connectivity index (χ1) is 3.81. The molecule has 48 valence electrons. The first-order valence-electron chi connectivity index (χ1n) is 2.44. The predicted molar refractivity (Wildman–Crippen MR) is 39.2 cm³/mol. The Bertz CT molecular complexity index is 72.8. The van der Waals surface area contributed by atoms with Crippen LogP contribution >= 0.6 is 11.8 Å². The third kappa shape index (κ3) is 4.02. The maximum Gasteiger partial charge on any atom is 0.0786 e. The zero-order valence-electron chi connectivity index (χ0n) is 5.29. The average Bonchev–Trinajstić information content (AvgIpc) is 1.68. The lowest BCUT2D eigenvalue weighted by Crippen LogP contribution is -2.23. The summed E-state index contributed by atoms with van der Waals surface area (Å²) in [5.41, 5.74) is 0. The van der Waals surface area contributed by atoms with Gasteiger partial charge in [-0.15, -0.1) is 11.8 Å². The minimum Gasteiger partial charge on any atom is -0.309 e. The summed E-state index contributed by atoms with van der Waals surface area (Å²) in [6.07, 6.45) is 5.77. The molecule has 3 heteroatoms. The van der Waals surface area contributed by atoms with E-state index in [2.05, 4.69) is 0 Å². The summed E-state index contributed by atoms with van der Waals surface area (Å²) < 4.78 is 0. The van der Waals surface area contributed by atoms with Crippen LogP contribution in [0.25, 0.3) is 0 Å². The number of hydrazine groups is 1. The molecule has 0 atom stereocenters. The highest BCUT2D eigenvalue weighted by atomic mass is 32.2. The smallest absolute Gasteiger partial charge is 0.0786 e. The SMILES string of the molecule is C/C=C\N(N)CSC. The zero-order chi connectivity index (χ0) is 6.41. The number of allylic oxidation sites excluding steroid dienone is 1. The maximum absolute atomic E-state index is 5.42. The van der Waals surface area contributed by atoms with Crippen LogP contribution in [0, 0.1) is 0 Å². The van der Waals surface area contributed by atoms with Gasteiger partial charge < -0.3 is 5.01 Å². The van der Waals surface area contributed by atoms with Crippen molar-refractivity contribution >= 4 is 11.8 Å². The highest BCUT2D eigenvalue weighted by Gasteiger charge is 1.83. The van der Waals surface area contributed by atoms with Gasteiger partial charge in [-0.05, 0) is 13.2 Å². The van der Waals surface area contributed by atoms with Crippen LogP contribution in [0.4, 0.5) is 0 Å². The van der Waals surface area contributed by atoms with E-state index in [-0.39, 0.29) is 0 Å². The van der Waals surface area contributed by atoms with E-state index >= 15 is 0 Å². The van der Waals surface area contributed by atoms with Gasteiger partial charge in [-0.2, -0.15) is 0 Å². The molecule has 0 aromatic carbocycles. The Morgan fingerprint density at radius 1 is 1.75 bits per heavy atom. The zero-order valence-corrected chi connectivity index (χ0v) is 6.11. The van der Waals surface area contributed by atoms with Crippen molar-refractivity contribution in [3.8, 4) is 0 Å². The minimum atomic E-state index is 0.852. The lowest BCUT2D eigenvalue weighted by Gasteiger charge is -2.09. The highest BCUT2D eigenvalue weighted by molar-refractivity contribution is 7.98. The first kappa shape index (κ1) is 7.85. The predicted octanol–water partition coefficient (Wildman–Crippen LogP) is 1.02.